The van der Waals surface area contributed by atoms with Crippen LogP contribution in [-0.2, 0) is 19.9 Å². The summed E-state index contributed by atoms with van der Waals surface area (Å²) in [5, 5.41) is 10.6. The number of hydrogen-bond donors (Lipinski definition) is 1. The van der Waals surface area contributed by atoms with Gasteiger partial charge in [-0.25, -0.2) is 21.6 Å². The minimum Gasteiger partial charge on any atom is -0.258 e. The molecule has 2 heterocycles. The molecule has 12 heteroatoms. The SMILES string of the molecule is O=[N+]([O-])c1cc(S(=O)(=O)NCC2CCS(=O)(=O)C2)sc1Cl. The highest BCUT2D eigenvalue weighted by Crippen LogP contribution is 2.36. The first kappa shape index (κ1) is 16.6. The van der Waals surface area contributed by atoms with E-state index in [1.54, 1.807) is 0 Å². The van der Waals surface area contributed by atoms with Crippen LogP contribution in [0.15, 0.2) is 10.3 Å². The van der Waals surface area contributed by atoms with Crippen LogP contribution >= 0.6 is 22.9 Å². The molecule has 2 rings (SSSR count). The summed E-state index contributed by atoms with van der Waals surface area (Å²) >= 11 is 6.20. The molecule has 0 bridgehead atoms. The molecule has 0 radical (unpaired) electrons. The van der Waals surface area contributed by atoms with Crippen molar-refractivity contribution in [1.82, 2.24) is 4.72 Å². The van der Waals surface area contributed by atoms with E-state index in [9.17, 15) is 26.9 Å². The summed E-state index contributed by atoms with van der Waals surface area (Å²) in [6, 6.07) is 0.890. The highest BCUT2D eigenvalue weighted by Gasteiger charge is 2.30. The maximum atomic E-state index is 12.0. The van der Waals surface area contributed by atoms with Gasteiger partial charge in [0.2, 0.25) is 10.0 Å². The zero-order chi connectivity index (χ0) is 15.8. The zero-order valence-corrected chi connectivity index (χ0v) is 13.7. The number of nitro groups is 1. The number of nitrogens with one attached hydrogen (secondary N) is 1. The Morgan fingerprint density at radius 1 is 1.52 bits per heavy atom. The van der Waals surface area contributed by atoms with E-state index in [-0.39, 0.29) is 32.5 Å². The maximum absolute atomic E-state index is 12.0. The number of thiophene rings is 1. The van der Waals surface area contributed by atoms with Gasteiger partial charge >= 0.3 is 0 Å². The van der Waals surface area contributed by atoms with E-state index >= 15 is 0 Å². The van der Waals surface area contributed by atoms with Gasteiger partial charge in [0.15, 0.2) is 14.2 Å². The van der Waals surface area contributed by atoms with Crippen molar-refractivity contribution in [2.45, 2.75) is 10.6 Å². The molecule has 0 aromatic carbocycles. The lowest BCUT2D eigenvalue weighted by atomic mass is 10.1. The van der Waals surface area contributed by atoms with Crippen LogP contribution in [0.4, 0.5) is 5.69 Å². The molecule has 1 aromatic rings. The van der Waals surface area contributed by atoms with Gasteiger partial charge in [0.1, 0.15) is 4.21 Å². The summed E-state index contributed by atoms with van der Waals surface area (Å²) in [6.45, 7) is -0.0229. The van der Waals surface area contributed by atoms with Gasteiger partial charge in [0, 0.05) is 12.6 Å². The molecule has 8 nitrogen and oxygen atoms in total. The van der Waals surface area contributed by atoms with Crippen molar-refractivity contribution in [2.75, 3.05) is 18.1 Å². The Bertz CT molecular complexity index is 769. The molecule has 118 valence electrons. The molecule has 0 saturated carbocycles. The molecule has 1 aromatic heterocycles. The molecule has 1 saturated heterocycles. The van der Waals surface area contributed by atoms with Crippen LogP contribution in [0.25, 0.3) is 0 Å². The van der Waals surface area contributed by atoms with E-state index in [1.807, 2.05) is 0 Å². The highest BCUT2D eigenvalue weighted by molar-refractivity contribution is 7.92. The fourth-order valence-corrected chi connectivity index (χ4v) is 6.61. The summed E-state index contributed by atoms with van der Waals surface area (Å²) in [5.74, 6) is -0.286. The van der Waals surface area contributed by atoms with E-state index in [0.717, 1.165) is 6.07 Å². The number of hydrogen-bond acceptors (Lipinski definition) is 7. The third-order valence-electron chi connectivity index (χ3n) is 3.00. The van der Waals surface area contributed by atoms with E-state index in [2.05, 4.69) is 4.72 Å². The summed E-state index contributed by atoms with van der Waals surface area (Å²) in [4.78, 5) is 9.88. The first-order chi connectivity index (χ1) is 9.61. The van der Waals surface area contributed by atoms with Crippen LogP contribution in [0.3, 0.4) is 0 Å². The molecule has 21 heavy (non-hydrogen) atoms. The molecule has 1 atom stereocenters. The second-order valence-corrected chi connectivity index (χ2v) is 10.5. The maximum Gasteiger partial charge on any atom is 0.300 e. The van der Waals surface area contributed by atoms with Gasteiger partial charge in [-0.1, -0.05) is 11.6 Å². The normalized spacial score (nSPS) is 21.5. The molecule has 1 aliphatic heterocycles. The van der Waals surface area contributed by atoms with Crippen molar-refractivity contribution in [3.8, 4) is 0 Å². The van der Waals surface area contributed by atoms with E-state index < -0.39 is 30.5 Å². The first-order valence-electron chi connectivity index (χ1n) is 5.74. The van der Waals surface area contributed by atoms with Crippen molar-refractivity contribution in [3.63, 3.8) is 0 Å². The number of sulfone groups is 1. The molecule has 1 unspecified atom stereocenters. The van der Waals surface area contributed by atoms with Crippen molar-refractivity contribution in [3.05, 3.63) is 20.5 Å². The molecule has 0 amide bonds. The monoisotopic (exact) mass is 374 g/mol. The number of sulfonamides is 1. The lowest BCUT2D eigenvalue weighted by molar-refractivity contribution is -0.384. The minimum atomic E-state index is -3.94. The molecular formula is C9H11ClN2O6S3. The van der Waals surface area contributed by atoms with Crippen molar-refractivity contribution in [2.24, 2.45) is 5.92 Å². The number of rotatable bonds is 5. The Hall–Kier alpha value is -0.750. The van der Waals surface area contributed by atoms with Gasteiger partial charge in [0.05, 0.1) is 16.4 Å². The van der Waals surface area contributed by atoms with Crippen molar-refractivity contribution in [1.29, 1.82) is 0 Å². The van der Waals surface area contributed by atoms with Crippen molar-refractivity contribution < 1.29 is 21.8 Å². The van der Waals surface area contributed by atoms with Gasteiger partial charge in [-0.15, -0.1) is 11.3 Å². The largest absolute Gasteiger partial charge is 0.300 e. The standard InChI is InChI=1S/C9H11ClN2O6S3/c10-9-7(12(13)14)3-8(19-9)21(17,18)11-4-6-1-2-20(15,16)5-6/h3,6,11H,1-2,4-5H2. The Morgan fingerprint density at radius 2 is 2.19 bits per heavy atom. The van der Waals surface area contributed by atoms with Crippen LogP contribution < -0.4 is 4.72 Å². The Morgan fingerprint density at radius 3 is 2.67 bits per heavy atom. The second-order valence-electron chi connectivity index (χ2n) is 4.60. The van der Waals surface area contributed by atoms with Gasteiger partial charge < -0.3 is 0 Å². The Labute approximate surface area is 130 Å². The summed E-state index contributed by atoms with van der Waals surface area (Å²) in [5.41, 5.74) is -0.467. The van der Waals surface area contributed by atoms with Gasteiger partial charge in [-0.3, -0.25) is 10.1 Å². The molecular weight excluding hydrogens is 364 g/mol. The van der Waals surface area contributed by atoms with Crippen LogP contribution in [-0.4, -0.2) is 39.8 Å². The Balaban J connectivity index is 2.09. The van der Waals surface area contributed by atoms with Crippen LogP contribution in [0.5, 0.6) is 0 Å². The van der Waals surface area contributed by atoms with Gasteiger partial charge in [0.25, 0.3) is 5.69 Å². The van der Waals surface area contributed by atoms with E-state index in [1.165, 1.54) is 0 Å². The third kappa shape index (κ3) is 3.92. The van der Waals surface area contributed by atoms with E-state index in [0.29, 0.717) is 17.8 Å². The smallest absolute Gasteiger partial charge is 0.258 e. The Kier molecular flexibility index (Phi) is 4.59. The number of nitrogens with zero attached hydrogens (tertiary/aromatic N) is 1. The molecule has 1 fully saturated rings. The van der Waals surface area contributed by atoms with Crippen LogP contribution in [0, 0.1) is 16.0 Å². The predicted molar refractivity (Wildman–Crippen MR) is 77.9 cm³/mol. The van der Waals surface area contributed by atoms with Gasteiger partial charge in [-0.05, 0) is 12.3 Å². The topological polar surface area (TPSA) is 123 Å². The second kappa shape index (κ2) is 5.80. The molecule has 1 N–H and O–H groups in total. The van der Waals surface area contributed by atoms with Gasteiger partial charge in [-0.2, -0.15) is 0 Å². The van der Waals surface area contributed by atoms with Crippen molar-refractivity contribution >= 4 is 48.5 Å². The lowest BCUT2D eigenvalue weighted by Gasteiger charge is -2.08. The third-order valence-corrected chi connectivity index (χ3v) is 8.07. The summed E-state index contributed by atoms with van der Waals surface area (Å²) in [6.07, 6.45) is 0.399. The highest BCUT2D eigenvalue weighted by atomic mass is 35.5. The fraction of sp³-hybridized carbons (Fsp3) is 0.556. The quantitative estimate of drug-likeness (QED) is 0.606. The molecule has 0 spiro atoms. The molecule has 1 aliphatic rings. The summed E-state index contributed by atoms with van der Waals surface area (Å²) in [7, 11) is -7.02. The zero-order valence-electron chi connectivity index (χ0n) is 10.5. The average Bonchev–Trinajstić information content (AvgIpc) is 2.90. The summed E-state index contributed by atoms with van der Waals surface area (Å²) < 4.78 is 48.4. The minimum absolute atomic E-state index is 0.0229. The first-order valence-corrected chi connectivity index (χ1v) is 10.2. The average molecular weight is 375 g/mol. The number of halogens is 1. The molecule has 0 aliphatic carbocycles. The fourth-order valence-electron chi connectivity index (χ4n) is 1.93. The van der Waals surface area contributed by atoms with Crippen LogP contribution in [0.1, 0.15) is 6.42 Å². The lowest BCUT2D eigenvalue weighted by Crippen LogP contribution is -2.29. The van der Waals surface area contributed by atoms with Crippen LogP contribution in [0.2, 0.25) is 4.34 Å². The van der Waals surface area contributed by atoms with E-state index in [4.69, 9.17) is 11.6 Å². The predicted octanol–water partition coefficient (Wildman–Crippen LogP) is 1.02.